The van der Waals surface area contributed by atoms with E-state index in [2.05, 4.69) is 43.0 Å². The van der Waals surface area contributed by atoms with Crippen molar-refractivity contribution < 1.29 is 0 Å². The molecular weight excluding hydrogens is 328 g/mol. The zero-order valence-corrected chi connectivity index (χ0v) is 19.1. The lowest BCUT2D eigenvalue weighted by atomic mass is 10.0. The van der Waals surface area contributed by atoms with Crippen LogP contribution in [0, 0.1) is 0 Å². The summed E-state index contributed by atoms with van der Waals surface area (Å²) in [5, 5.41) is 0. The van der Waals surface area contributed by atoms with E-state index in [1.54, 1.807) is 0 Å². The van der Waals surface area contributed by atoms with Gasteiger partial charge in [-0.05, 0) is 25.7 Å². The van der Waals surface area contributed by atoms with Crippen molar-refractivity contribution in [2.24, 2.45) is 0 Å². The highest BCUT2D eigenvalue weighted by Gasteiger charge is 2.24. The molecule has 0 saturated carbocycles. The summed E-state index contributed by atoms with van der Waals surface area (Å²) in [7, 11) is 0. The highest BCUT2D eigenvalue weighted by molar-refractivity contribution is 4.96. The van der Waals surface area contributed by atoms with E-state index in [0.29, 0.717) is 6.17 Å². The predicted octanol–water partition coefficient (Wildman–Crippen LogP) is 8.09. The fraction of sp³-hybridized carbons (Fsp3) is 0.920. The molecule has 1 aliphatic rings. The summed E-state index contributed by atoms with van der Waals surface area (Å²) in [6.45, 7) is 9.37. The number of hydrogen-bond donors (Lipinski definition) is 0. The van der Waals surface area contributed by atoms with Crippen LogP contribution in [0.3, 0.4) is 0 Å². The Morgan fingerprint density at radius 2 is 0.926 bits per heavy atom. The first-order valence-electron chi connectivity index (χ1n) is 12.5. The van der Waals surface area contributed by atoms with E-state index in [4.69, 9.17) is 0 Å². The van der Waals surface area contributed by atoms with E-state index in [-0.39, 0.29) is 0 Å². The molecule has 0 spiro atoms. The lowest BCUT2D eigenvalue weighted by molar-refractivity contribution is 0.137. The molecule has 0 aromatic carbocycles. The van der Waals surface area contributed by atoms with Crippen molar-refractivity contribution in [3.8, 4) is 0 Å². The molecule has 27 heavy (non-hydrogen) atoms. The number of nitrogens with zero attached hydrogens (tertiary/aromatic N) is 2. The Hall–Kier alpha value is -0.660. The maximum atomic E-state index is 2.63. The summed E-state index contributed by atoms with van der Waals surface area (Å²) in [4.78, 5) is 5.22. The Labute approximate surface area is 171 Å². The Bertz CT molecular complexity index is 339. The highest BCUT2D eigenvalue weighted by Crippen LogP contribution is 2.23. The van der Waals surface area contributed by atoms with Gasteiger partial charge >= 0.3 is 0 Å². The molecule has 0 fully saturated rings. The van der Waals surface area contributed by atoms with Crippen molar-refractivity contribution in [2.45, 2.75) is 136 Å². The van der Waals surface area contributed by atoms with E-state index in [0.717, 1.165) is 0 Å². The molecule has 0 bridgehead atoms. The summed E-state index contributed by atoms with van der Waals surface area (Å²) < 4.78 is 0. The first-order chi connectivity index (χ1) is 13.3. The first kappa shape index (κ1) is 24.4. The summed E-state index contributed by atoms with van der Waals surface area (Å²) in [5.41, 5.74) is 0. The summed E-state index contributed by atoms with van der Waals surface area (Å²) >= 11 is 0. The third-order valence-corrected chi connectivity index (χ3v) is 6.03. The molecule has 1 unspecified atom stereocenters. The molecule has 0 N–H and O–H groups in total. The Morgan fingerprint density at radius 1 is 0.481 bits per heavy atom. The van der Waals surface area contributed by atoms with E-state index < -0.39 is 0 Å². The molecule has 0 aliphatic carbocycles. The fourth-order valence-corrected chi connectivity index (χ4v) is 4.31. The normalized spacial score (nSPS) is 16.6. The quantitative estimate of drug-likeness (QED) is 0.209. The van der Waals surface area contributed by atoms with Gasteiger partial charge in [0.05, 0.1) is 0 Å². The molecule has 0 aromatic rings. The van der Waals surface area contributed by atoms with Crippen molar-refractivity contribution in [1.29, 1.82) is 0 Å². The van der Waals surface area contributed by atoms with Gasteiger partial charge in [0, 0.05) is 25.5 Å². The molecule has 160 valence electrons. The van der Waals surface area contributed by atoms with Gasteiger partial charge in [0.25, 0.3) is 0 Å². The van der Waals surface area contributed by atoms with Gasteiger partial charge < -0.3 is 9.80 Å². The van der Waals surface area contributed by atoms with Gasteiger partial charge in [-0.3, -0.25) is 0 Å². The van der Waals surface area contributed by atoms with Gasteiger partial charge in [-0.25, -0.2) is 0 Å². The van der Waals surface area contributed by atoms with Crippen molar-refractivity contribution in [3.63, 3.8) is 0 Å². The van der Waals surface area contributed by atoms with Crippen LogP contribution >= 0.6 is 0 Å². The molecular formula is C25H50N2. The average molecular weight is 379 g/mol. The zero-order valence-electron chi connectivity index (χ0n) is 19.1. The minimum Gasteiger partial charge on any atom is -0.356 e. The molecule has 0 amide bonds. The molecule has 1 aliphatic heterocycles. The Balaban J connectivity index is 2.09. The van der Waals surface area contributed by atoms with Gasteiger partial charge in [-0.2, -0.15) is 0 Å². The lowest BCUT2D eigenvalue weighted by Gasteiger charge is -2.33. The predicted molar refractivity (Wildman–Crippen MR) is 122 cm³/mol. The number of rotatable bonds is 19. The van der Waals surface area contributed by atoms with Crippen LogP contribution in [0.1, 0.15) is 130 Å². The van der Waals surface area contributed by atoms with Crippen LogP contribution in [0.5, 0.6) is 0 Å². The molecule has 0 radical (unpaired) electrons. The van der Waals surface area contributed by atoms with E-state index in [9.17, 15) is 0 Å². The topological polar surface area (TPSA) is 6.48 Å². The van der Waals surface area contributed by atoms with E-state index in [1.165, 1.54) is 122 Å². The van der Waals surface area contributed by atoms with Crippen LogP contribution in [0.4, 0.5) is 0 Å². The summed E-state index contributed by atoms with van der Waals surface area (Å²) in [6, 6.07) is 0. The summed E-state index contributed by atoms with van der Waals surface area (Å²) in [5.74, 6) is 0. The second-order valence-electron chi connectivity index (χ2n) is 8.64. The molecule has 2 heteroatoms. The SMILES string of the molecule is CCCCCCCCCCCCCC1N(CCC)C=CN1CCCCCC. The van der Waals surface area contributed by atoms with Crippen LogP contribution in [-0.4, -0.2) is 29.1 Å². The molecule has 0 aromatic heterocycles. The minimum atomic E-state index is 0.644. The summed E-state index contributed by atoms with van der Waals surface area (Å²) in [6.07, 6.45) is 29.2. The van der Waals surface area contributed by atoms with Crippen molar-refractivity contribution >= 4 is 0 Å². The van der Waals surface area contributed by atoms with E-state index in [1.807, 2.05) is 0 Å². The van der Waals surface area contributed by atoms with Crippen molar-refractivity contribution in [1.82, 2.24) is 9.80 Å². The maximum Gasteiger partial charge on any atom is 0.101 e. The van der Waals surface area contributed by atoms with Crippen molar-refractivity contribution in [3.05, 3.63) is 12.4 Å². The van der Waals surface area contributed by atoms with Gasteiger partial charge in [0.15, 0.2) is 0 Å². The minimum absolute atomic E-state index is 0.644. The smallest absolute Gasteiger partial charge is 0.101 e. The van der Waals surface area contributed by atoms with Crippen molar-refractivity contribution in [2.75, 3.05) is 13.1 Å². The van der Waals surface area contributed by atoms with Crippen LogP contribution in [0.15, 0.2) is 12.4 Å². The third kappa shape index (κ3) is 11.7. The third-order valence-electron chi connectivity index (χ3n) is 6.03. The van der Waals surface area contributed by atoms with Gasteiger partial charge in [0.1, 0.15) is 6.17 Å². The molecule has 1 rings (SSSR count). The van der Waals surface area contributed by atoms with E-state index >= 15 is 0 Å². The zero-order chi connectivity index (χ0) is 19.6. The van der Waals surface area contributed by atoms with Gasteiger partial charge in [-0.1, -0.05) is 104 Å². The second kappa shape index (κ2) is 17.4. The van der Waals surface area contributed by atoms with Gasteiger partial charge in [0.2, 0.25) is 0 Å². The Morgan fingerprint density at radius 3 is 1.44 bits per heavy atom. The van der Waals surface area contributed by atoms with Crippen LogP contribution in [0.25, 0.3) is 0 Å². The van der Waals surface area contributed by atoms with Crippen LogP contribution in [-0.2, 0) is 0 Å². The molecule has 2 nitrogen and oxygen atoms in total. The first-order valence-corrected chi connectivity index (χ1v) is 12.5. The second-order valence-corrected chi connectivity index (χ2v) is 8.64. The average Bonchev–Trinajstić information content (AvgIpc) is 3.05. The fourth-order valence-electron chi connectivity index (χ4n) is 4.31. The maximum absolute atomic E-state index is 2.63. The largest absolute Gasteiger partial charge is 0.356 e. The highest BCUT2D eigenvalue weighted by atomic mass is 15.4. The molecule has 1 heterocycles. The lowest BCUT2D eigenvalue weighted by Crippen LogP contribution is -2.39. The molecule has 1 atom stereocenters. The monoisotopic (exact) mass is 378 g/mol. The van der Waals surface area contributed by atoms with Gasteiger partial charge in [-0.15, -0.1) is 0 Å². The number of hydrogen-bond acceptors (Lipinski definition) is 2. The van der Waals surface area contributed by atoms with Crippen LogP contribution in [0.2, 0.25) is 0 Å². The Kier molecular flexibility index (Phi) is 15.7. The number of unbranched alkanes of at least 4 members (excludes halogenated alkanes) is 13. The molecule has 0 saturated heterocycles. The standard InChI is InChI=1S/C25H50N2/c1-4-7-9-11-12-13-14-15-16-17-18-20-25-26(21-6-3)23-24-27(25)22-19-10-8-5-2/h23-25H,4-22H2,1-3H3. The van der Waals surface area contributed by atoms with Crippen LogP contribution < -0.4 is 0 Å².